The zero-order chi connectivity index (χ0) is 20.7. The Morgan fingerprint density at radius 3 is 2.57 bits per heavy atom. The van der Waals surface area contributed by atoms with Crippen molar-refractivity contribution in [3.63, 3.8) is 0 Å². The van der Waals surface area contributed by atoms with E-state index in [4.69, 9.17) is 10.00 Å². The third-order valence-electron chi connectivity index (χ3n) is 4.39. The highest BCUT2D eigenvalue weighted by atomic mass is 16.5. The minimum Gasteiger partial charge on any atom is -0.491 e. The third kappa shape index (κ3) is 4.51. The molecule has 0 radical (unpaired) electrons. The Labute approximate surface area is 164 Å². The first-order valence-corrected chi connectivity index (χ1v) is 8.86. The van der Waals surface area contributed by atoms with Crippen LogP contribution >= 0.6 is 0 Å². The SMILES string of the molecule is C=CCc1cc(C)cc(C(C)(Nc2ccc(C#N)cc2)C(=O)O)c1OCCO. The number of benzene rings is 2. The third-order valence-corrected chi connectivity index (χ3v) is 4.39. The summed E-state index contributed by atoms with van der Waals surface area (Å²) in [6, 6.07) is 12.3. The molecule has 6 heteroatoms. The first kappa shape index (κ1) is 21.0. The average molecular weight is 380 g/mol. The molecule has 1 unspecified atom stereocenters. The molecule has 0 heterocycles. The number of allylic oxidation sites excluding steroid dienone is 1. The molecule has 0 aromatic heterocycles. The number of nitrogens with one attached hydrogen (secondary N) is 1. The lowest BCUT2D eigenvalue weighted by atomic mass is 9.87. The smallest absolute Gasteiger partial charge is 0.333 e. The van der Waals surface area contributed by atoms with E-state index >= 15 is 0 Å². The fourth-order valence-corrected chi connectivity index (χ4v) is 3.00. The Morgan fingerprint density at radius 1 is 1.36 bits per heavy atom. The number of aliphatic hydroxyl groups is 1. The molecular weight excluding hydrogens is 356 g/mol. The Kier molecular flexibility index (Phi) is 6.80. The summed E-state index contributed by atoms with van der Waals surface area (Å²) in [7, 11) is 0. The Bertz CT molecular complexity index is 900. The number of carboxylic acids is 1. The molecule has 2 rings (SSSR count). The standard InChI is InChI=1S/C22H24N2O4/c1-4-5-17-12-15(2)13-19(20(17)28-11-10-25)22(3,21(26)27)24-18-8-6-16(14-23)7-9-18/h4,6-9,12-13,24-25H,1,5,10-11H2,2-3H3,(H,26,27). The van der Waals surface area contributed by atoms with E-state index in [2.05, 4.69) is 11.9 Å². The summed E-state index contributed by atoms with van der Waals surface area (Å²) >= 11 is 0. The maximum Gasteiger partial charge on any atom is 0.333 e. The van der Waals surface area contributed by atoms with Gasteiger partial charge in [-0.25, -0.2) is 4.79 Å². The van der Waals surface area contributed by atoms with Crippen LogP contribution in [0.5, 0.6) is 5.75 Å². The van der Waals surface area contributed by atoms with Crippen molar-refractivity contribution in [1.82, 2.24) is 0 Å². The summed E-state index contributed by atoms with van der Waals surface area (Å²) < 4.78 is 5.75. The number of nitrogens with zero attached hydrogens (tertiary/aromatic N) is 1. The highest BCUT2D eigenvalue weighted by Crippen LogP contribution is 2.37. The van der Waals surface area contributed by atoms with Crippen molar-refractivity contribution >= 4 is 11.7 Å². The van der Waals surface area contributed by atoms with Gasteiger partial charge in [0.25, 0.3) is 0 Å². The van der Waals surface area contributed by atoms with Gasteiger partial charge in [0.1, 0.15) is 12.4 Å². The number of aliphatic hydroxyl groups excluding tert-OH is 1. The van der Waals surface area contributed by atoms with Crippen LogP contribution in [0.2, 0.25) is 0 Å². The van der Waals surface area contributed by atoms with Crippen LogP contribution in [0.4, 0.5) is 5.69 Å². The van der Waals surface area contributed by atoms with Gasteiger partial charge in [-0.05, 0) is 56.2 Å². The molecule has 0 bridgehead atoms. The number of anilines is 1. The second-order valence-corrected chi connectivity index (χ2v) is 6.61. The van der Waals surface area contributed by atoms with Crippen LogP contribution in [0.15, 0.2) is 49.1 Å². The van der Waals surface area contributed by atoms with Crippen molar-refractivity contribution in [2.75, 3.05) is 18.5 Å². The van der Waals surface area contributed by atoms with Gasteiger partial charge in [0, 0.05) is 11.3 Å². The topological polar surface area (TPSA) is 103 Å². The molecule has 0 amide bonds. The van der Waals surface area contributed by atoms with Crippen LogP contribution in [0.25, 0.3) is 0 Å². The number of nitriles is 1. The monoisotopic (exact) mass is 380 g/mol. The lowest BCUT2D eigenvalue weighted by Crippen LogP contribution is -2.41. The first-order chi connectivity index (χ1) is 13.3. The normalized spacial score (nSPS) is 12.5. The molecule has 0 aliphatic carbocycles. The first-order valence-electron chi connectivity index (χ1n) is 8.86. The molecule has 0 aliphatic heterocycles. The number of aliphatic carboxylic acids is 1. The van der Waals surface area contributed by atoms with E-state index < -0.39 is 11.5 Å². The van der Waals surface area contributed by atoms with E-state index in [1.165, 1.54) is 0 Å². The van der Waals surface area contributed by atoms with Crippen LogP contribution in [-0.4, -0.2) is 29.4 Å². The summed E-state index contributed by atoms with van der Waals surface area (Å²) in [5.74, 6) is -0.661. The molecule has 0 saturated heterocycles. The van der Waals surface area contributed by atoms with E-state index in [0.29, 0.717) is 29.0 Å². The van der Waals surface area contributed by atoms with E-state index in [1.54, 1.807) is 43.3 Å². The molecule has 0 fully saturated rings. The molecule has 3 N–H and O–H groups in total. The van der Waals surface area contributed by atoms with Gasteiger partial charge in [-0.1, -0.05) is 17.7 Å². The number of carbonyl (C=O) groups is 1. The summed E-state index contributed by atoms with van der Waals surface area (Å²) in [5.41, 5.74) is 1.68. The van der Waals surface area contributed by atoms with E-state index in [9.17, 15) is 15.0 Å². The van der Waals surface area contributed by atoms with E-state index in [-0.39, 0.29) is 13.2 Å². The van der Waals surface area contributed by atoms with E-state index in [1.807, 2.05) is 19.1 Å². The van der Waals surface area contributed by atoms with Gasteiger partial charge >= 0.3 is 5.97 Å². The fraction of sp³-hybridized carbons (Fsp3) is 0.273. The minimum absolute atomic E-state index is 0.0484. The molecule has 0 aliphatic rings. The van der Waals surface area contributed by atoms with E-state index in [0.717, 1.165) is 11.1 Å². The molecule has 28 heavy (non-hydrogen) atoms. The Balaban J connectivity index is 2.60. The zero-order valence-corrected chi connectivity index (χ0v) is 16.0. The number of carboxylic acid groups (broad SMARTS) is 1. The van der Waals surface area contributed by atoms with Gasteiger partial charge in [0.05, 0.1) is 18.2 Å². The maximum atomic E-state index is 12.3. The molecule has 6 nitrogen and oxygen atoms in total. The molecule has 2 aromatic carbocycles. The predicted octanol–water partition coefficient (Wildman–Crippen LogP) is 3.38. The minimum atomic E-state index is -1.50. The van der Waals surface area contributed by atoms with Gasteiger partial charge in [0.2, 0.25) is 0 Å². The van der Waals surface area contributed by atoms with Gasteiger partial charge in [-0.3, -0.25) is 0 Å². The Hall–Kier alpha value is -3.30. The van der Waals surface area contributed by atoms with Crippen molar-refractivity contribution in [2.24, 2.45) is 0 Å². The number of hydrogen-bond donors (Lipinski definition) is 3. The van der Waals surface area contributed by atoms with Crippen LogP contribution in [0, 0.1) is 18.3 Å². The average Bonchev–Trinajstić information content (AvgIpc) is 2.67. The van der Waals surface area contributed by atoms with Crippen LogP contribution < -0.4 is 10.1 Å². The van der Waals surface area contributed by atoms with Crippen molar-refractivity contribution in [3.8, 4) is 11.8 Å². The van der Waals surface area contributed by atoms with Crippen molar-refractivity contribution < 1.29 is 19.7 Å². The number of rotatable bonds is 9. The van der Waals surface area contributed by atoms with Gasteiger partial charge < -0.3 is 20.3 Å². The van der Waals surface area contributed by atoms with Gasteiger partial charge in [0.15, 0.2) is 5.54 Å². The lowest BCUT2D eigenvalue weighted by Gasteiger charge is -2.31. The molecular formula is C22H24N2O4. The molecule has 0 saturated carbocycles. The van der Waals surface area contributed by atoms with Crippen molar-refractivity contribution in [2.45, 2.75) is 25.8 Å². The summed E-state index contributed by atoms with van der Waals surface area (Å²) in [5, 5.41) is 31.3. The number of ether oxygens (including phenoxy) is 1. The fourth-order valence-electron chi connectivity index (χ4n) is 3.00. The second-order valence-electron chi connectivity index (χ2n) is 6.61. The molecule has 0 spiro atoms. The Morgan fingerprint density at radius 2 is 2.04 bits per heavy atom. The highest BCUT2D eigenvalue weighted by molar-refractivity contribution is 5.85. The van der Waals surface area contributed by atoms with Crippen molar-refractivity contribution in [1.29, 1.82) is 5.26 Å². The summed E-state index contributed by atoms with van der Waals surface area (Å²) in [4.78, 5) is 12.3. The van der Waals surface area contributed by atoms with Gasteiger partial charge in [-0.15, -0.1) is 6.58 Å². The summed E-state index contributed by atoms with van der Waals surface area (Å²) in [6.07, 6.45) is 2.22. The molecule has 2 aromatic rings. The largest absolute Gasteiger partial charge is 0.491 e. The predicted molar refractivity (Wildman–Crippen MR) is 107 cm³/mol. The lowest BCUT2D eigenvalue weighted by molar-refractivity contribution is -0.142. The second kappa shape index (κ2) is 9.07. The quantitative estimate of drug-likeness (QED) is 0.576. The van der Waals surface area contributed by atoms with Crippen LogP contribution in [0.3, 0.4) is 0 Å². The molecule has 146 valence electrons. The summed E-state index contributed by atoms with van der Waals surface area (Å²) in [6.45, 7) is 7.06. The number of aryl methyl sites for hydroxylation is 1. The zero-order valence-electron chi connectivity index (χ0n) is 16.0. The number of hydrogen-bond acceptors (Lipinski definition) is 5. The van der Waals surface area contributed by atoms with Crippen molar-refractivity contribution in [3.05, 3.63) is 71.3 Å². The van der Waals surface area contributed by atoms with Gasteiger partial charge in [-0.2, -0.15) is 5.26 Å². The molecule has 1 atom stereocenters. The highest BCUT2D eigenvalue weighted by Gasteiger charge is 2.39. The van der Waals surface area contributed by atoms with Crippen LogP contribution in [0.1, 0.15) is 29.2 Å². The van der Waals surface area contributed by atoms with Crippen LogP contribution in [-0.2, 0) is 16.8 Å². The maximum absolute atomic E-state index is 12.3.